The summed E-state index contributed by atoms with van der Waals surface area (Å²) in [7, 11) is -3.52. The van der Waals surface area contributed by atoms with Crippen LogP contribution in [0.25, 0.3) is 0 Å². The van der Waals surface area contributed by atoms with Gasteiger partial charge in [-0.05, 0) is 44.0 Å². The van der Waals surface area contributed by atoms with Crippen molar-refractivity contribution in [2.24, 2.45) is 0 Å². The van der Waals surface area contributed by atoms with Gasteiger partial charge in [-0.3, -0.25) is 9.59 Å². The maximum absolute atomic E-state index is 12.7. The lowest BCUT2D eigenvalue weighted by molar-refractivity contribution is -0.120. The molecule has 0 aliphatic carbocycles. The van der Waals surface area contributed by atoms with Crippen molar-refractivity contribution in [3.8, 4) is 0 Å². The van der Waals surface area contributed by atoms with Gasteiger partial charge in [-0.25, -0.2) is 8.42 Å². The predicted octanol–water partition coefficient (Wildman–Crippen LogP) is 1.12. The summed E-state index contributed by atoms with van der Waals surface area (Å²) in [6.45, 7) is 3.26. The molecule has 2 rings (SSSR count). The van der Waals surface area contributed by atoms with Gasteiger partial charge in [0, 0.05) is 25.2 Å². The second-order valence-electron chi connectivity index (χ2n) is 5.98. The zero-order chi connectivity index (χ0) is 18.3. The number of nitrogens with one attached hydrogen (secondary N) is 2. The molecule has 0 atom stereocenters. The van der Waals surface area contributed by atoms with Crippen LogP contribution in [0.15, 0.2) is 29.2 Å². The Kier molecular flexibility index (Phi) is 6.95. The van der Waals surface area contributed by atoms with Crippen LogP contribution in [0.4, 0.5) is 0 Å². The van der Waals surface area contributed by atoms with Crippen LogP contribution in [0, 0.1) is 0 Å². The Morgan fingerprint density at radius 1 is 1.00 bits per heavy atom. The molecule has 1 saturated heterocycles. The average molecular weight is 367 g/mol. The number of benzene rings is 1. The highest BCUT2D eigenvalue weighted by Crippen LogP contribution is 2.20. The van der Waals surface area contributed by atoms with Gasteiger partial charge in [-0.2, -0.15) is 4.31 Å². The van der Waals surface area contributed by atoms with Gasteiger partial charge in [0.2, 0.25) is 15.9 Å². The van der Waals surface area contributed by atoms with Crippen molar-refractivity contribution < 1.29 is 18.0 Å². The quantitative estimate of drug-likeness (QED) is 0.787. The molecule has 7 nitrogen and oxygen atoms in total. The molecule has 1 fully saturated rings. The highest BCUT2D eigenvalue weighted by atomic mass is 32.2. The van der Waals surface area contributed by atoms with E-state index < -0.39 is 15.9 Å². The Hall–Kier alpha value is -1.93. The smallest absolute Gasteiger partial charge is 0.251 e. The molecular formula is C17H25N3O4S. The third kappa shape index (κ3) is 5.27. The highest BCUT2D eigenvalue weighted by molar-refractivity contribution is 7.89. The third-order valence-corrected chi connectivity index (χ3v) is 6.02. The van der Waals surface area contributed by atoms with Gasteiger partial charge < -0.3 is 10.6 Å². The van der Waals surface area contributed by atoms with Crippen LogP contribution in [-0.2, 0) is 14.8 Å². The van der Waals surface area contributed by atoms with Crippen molar-refractivity contribution in [3.05, 3.63) is 29.8 Å². The number of likely N-dealkylation sites (N-methyl/N-ethyl adjacent to an activating group) is 1. The first-order valence-electron chi connectivity index (χ1n) is 8.60. The number of hydrogen-bond acceptors (Lipinski definition) is 4. The summed E-state index contributed by atoms with van der Waals surface area (Å²) in [6.07, 6.45) is 3.85. The Morgan fingerprint density at radius 2 is 1.60 bits per heavy atom. The van der Waals surface area contributed by atoms with Crippen LogP contribution in [-0.4, -0.2) is 50.7 Å². The molecule has 25 heavy (non-hydrogen) atoms. The third-order valence-electron chi connectivity index (χ3n) is 4.10. The van der Waals surface area contributed by atoms with E-state index in [1.165, 1.54) is 28.6 Å². The predicted molar refractivity (Wildman–Crippen MR) is 94.7 cm³/mol. The topological polar surface area (TPSA) is 95.6 Å². The molecule has 2 N–H and O–H groups in total. The van der Waals surface area contributed by atoms with Crippen molar-refractivity contribution in [3.63, 3.8) is 0 Å². The summed E-state index contributed by atoms with van der Waals surface area (Å²) in [4.78, 5) is 23.6. The number of carbonyl (C=O) groups is 2. The Balaban J connectivity index is 2.03. The number of rotatable bonds is 6. The average Bonchev–Trinajstić information content (AvgIpc) is 2.90. The largest absolute Gasteiger partial charge is 0.355 e. The van der Waals surface area contributed by atoms with E-state index in [-0.39, 0.29) is 17.3 Å². The highest BCUT2D eigenvalue weighted by Gasteiger charge is 2.25. The first-order valence-corrected chi connectivity index (χ1v) is 10.0. The van der Waals surface area contributed by atoms with Gasteiger partial charge in [-0.1, -0.05) is 12.8 Å². The summed E-state index contributed by atoms with van der Waals surface area (Å²) < 4.78 is 26.9. The molecule has 0 spiro atoms. The van der Waals surface area contributed by atoms with Crippen LogP contribution in [0.2, 0.25) is 0 Å². The van der Waals surface area contributed by atoms with E-state index in [1.807, 2.05) is 0 Å². The van der Waals surface area contributed by atoms with Crippen LogP contribution < -0.4 is 10.6 Å². The summed E-state index contributed by atoms with van der Waals surface area (Å²) in [6, 6.07) is 5.83. The molecular weight excluding hydrogens is 342 g/mol. The van der Waals surface area contributed by atoms with E-state index in [4.69, 9.17) is 0 Å². The lowest BCUT2D eigenvalue weighted by Crippen LogP contribution is -2.36. The lowest BCUT2D eigenvalue weighted by Gasteiger charge is -2.20. The second kappa shape index (κ2) is 8.96. The van der Waals surface area contributed by atoms with Crippen LogP contribution in [0.3, 0.4) is 0 Å². The first kappa shape index (κ1) is 19.4. The second-order valence-corrected chi connectivity index (χ2v) is 7.92. The van der Waals surface area contributed by atoms with Gasteiger partial charge in [0.1, 0.15) is 0 Å². The molecule has 1 aliphatic heterocycles. The summed E-state index contributed by atoms with van der Waals surface area (Å²) in [5.41, 5.74) is 0.319. The Bertz CT molecular complexity index is 693. The standard InChI is InChI=1S/C17H25N3O4S/c1-2-18-16(21)13-19-17(22)14-7-9-15(10-8-14)25(23,24)20-11-5-3-4-6-12-20/h7-10H,2-6,11-13H2,1H3,(H,18,21)(H,19,22). The lowest BCUT2D eigenvalue weighted by atomic mass is 10.2. The zero-order valence-corrected chi connectivity index (χ0v) is 15.3. The number of hydrogen-bond donors (Lipinski definition) is 2. The Morgan fingerprint density at radius 3 is 2.16 bits per heavy atom. The molecule has 0 aromatic heterocycles. The maximum Gasteiger partial charge on any atom is 0.251 e. The fraction of sp³-hybridized carbons (Fsp3) is 0.529. The van der Waals surface area contributed by atoms with Gasteiger partial charge in [0.05, 0.1) is 11.4 Å². The van der Waals surface area contributed by atoms with E-state index >= 15 is 0 Å². The maximum atomic E-state index is 12.7. The van der Waals surface area contributed by atoms with Gasteiger partial charge in [0.15, 0.2) is 0 Å². The van der Waals surface area contributed by atoms with Crippen molar-refractivity contribution >= 4 is 21.8 Å². The molecule has 1 aromatic carbocycles. The molecule has 8 heteroatoms. The molecule has 1 aliphatic rings. The van der Waals surface area contributed by atoms with Gasteiger partial charge in [0.25, 0.3) is 5.91 Å². The number of nitrogens with zero attached hydrogens (tertiary/aromatic N) is 1. The molecule has 138 valence electrons. The monoisotopic (exact) mass is 367 g/mol. The van der Waals surface area contributed by atoms with Crippen LogP contribution in [0.5, 0.6) is 0 Å². The molecule has 0 bridgehead atoms. The normalized spacial score (nSPS) is 16.0. The minimum absolute atomic E-state index is 0.111. The SMILES string of the molecule is CCNC(=O)CNC(=O)c1ccc(S(=O)(=O)N2CCCCCC2)cc1. The summed E-state index contributed by atoms with van der Waals surface area (Å²) in [5.74, 6) is -0.679. The van der Waals surface area contributed by atoms with Crippen molar-refractivity contribution in [1.82, 2.24) is 14.9 Å². The van der Waals surface area contributed by atoms with E-state index in [0.717, 1.165) is 25.7 Å². The van der Waals surface area contributed by atoms with Crippen LogP contribution in [0.1, 0.15) is 43.0 Å². The van der Waals surface area contributed by atoms with Gasteiger partial charge in [-0.15, -0.1) is 0 Å². The van der Waals surface area contributed by atoms with E-state index in [9.17, 15) is 18.0 Å². The van der Waals surface area contributed by atoms with Crippen molar-refractivity contribution in [1.29, 1.82) is 0 Å². The molecule has 1 heterocycles. The molecule has 0 unspecified atom stereocenters. The molecule has 1 aromatic rings. The number of amides is 2. The number of carbonyl (C=O) groups excluding carboxylic acids is 2. The zero-order valence-electron chi connectivity index (χ0n) is 14.5. The van der Waals surface area contributed by atoms with Crippen molar-refractivity contribution in [2.45, 2.75) is 37.5 Å². The summed E-state index contributed by atoms with van der Waals surface area (Å²) in [5, 5.41) is 5.09. The minimum Gasteiger partial charge on any atom is -0.355 e. The fourth-order valence-electron chi connectivity index (χ4n) is 2.73. The molecule has 0 radical (unpaired) electrons. The summed E-state index contributed by atoms with van der Waals surface area (Å²) >= 11 is 0. The molecule has 2 amide bonds. The van der Waals surface area contributed by atoms with E-state index in [2.05, 4.69) is 10.6 Å². The fourth-order valence-corrected chi connectivity index (χ4v) is 4.25. The minimum atomic E-state index is -3.52. The van der Waals surface area contributed by atoms with Gasteiger partial charge >= 0.3 is 0 Å². The first-order chi connectivity index (χ1) is 11.9. The van der Waals surface area contributed by atoms with Crippen molar-refractivity contribution in [2.75, 3.05) is 26.2 Å². The Labute approximate surface area is 148 Å². The molecule has 0 saturated carbocycles. The van der Waals surface area contributed by atoms with E-state index in [0.29, 0.717) is 25.2 Å². The van der Waals surface area contributed by atoms with Crippen LogP contribution >= 0.6 is 0 Å². The van der Waals surface area contributed by atoms with E-state index in [1.54, 1.807) is 6.92 Å². The number of sulfonamides is 1.